The van der Waals surface area contributed by atoms with Crippen molar-refractivity contribution in [2.24, 2.45) is 14.1 Å². The van der Waals surface area contributed by atoms with Crippen LogP contribution in [0.5, 0.6) is 0 Å². The molecule has 0 spiro atoms. The zero-order valence-electron chi connectivity index (χ0n) is 10.9. The van der Waals surface area contributed by atoms with Gasteiger partial charge in [0, 0.05) is 26.4 Å². The second-order valence-electron chi connectivity index (χ2n) is 4.43. The topological polar surface area (TPSA) is 119 Å². The molecule has 0 bridgehead atoms. The molecule has 2 rings (SSSR count). The normalized spacial score (nSPS) is 12.2. The Morgan fingerprint density at radius 3 is 2.50 bits per heavy atom. The zero-order valence-corrected chi connectivity index (χ0v) is 11.8. The Bertz CT molecular complexity index is 873. The van der Waals surface area contributed by atoms with Gasteiger partial charge in [0.05, 0.1) is 16.4 Å². The third-order valence-electron chi connectivity index (χ3n) is 3.01. The molecule has 0 saturated carbocycles. The van der Waals surface area contributed by atoms with Crippen LogP contribution in [0.4, 0.5) is 0 Å². The molecule has 2 heterocycles. The quantitative estimate of drug-likeness (QED) is 0.625. The molecule has 110 valence electrons. The first-order chi connectivity index (χ1) is 9.22. The lowest BCUT2D eigenvalue weighted by Crippen LogP contribution is -2.37. The van der Waals surface area contributed by atoms with Gasteiger partial charge in [0.1, 0.15) is 0 Å². The number of imidazole rings is 1. The van der Waals surface area contributed by atoms with Crippen molar-refractivity contribution in [3.05, 3.63) is 27.2 Å². The van der Waals surface area contributed by atoms with E-state index in [0.29, 0.717) is 0 Å². The summed E-state index contributed by atoms with van der Waals surface area (Å²) in [7, 11) is -1.45. The molecule has 0 radical (unpaired) electrons. The minimum Gasteiger partial charge on any atom is -0.748 e. The van der Waals surface area contributed by atoms with Crippen LogP contribution in [0.15, 0.2) is 15.9 Å². The summed E-state index contributed by atoms with van der Waals surface area (Å²) in [6.45, 7) is 0.158. The van der Waals surface area contributed by atoms with Gasteiger partial charge in [0.2, 0.25) is 0 Å². The molecule has 20 heavy (non-hydrogen) atoms. The second-order valence-corrected chi connectivity index (χ2v) is 5.95. The maximum atomic E-state index is 12.1. The van der Waals surface area contributed by atoms with Crippen LogP contribution in [0.25, 0.3) is 11.2 Å². The number of aromatic nitrogens is 4. The number of aryl methyl sites for hydroxylation is 2. The van der Waals surface area contributed by atoms with E-state index in [1.807, 2.05) is 0 Å². The predicted molar refractivity (Wildman–Crippen MR) is 69.4 cm³/mol. The van der Waals surface area contributed by atoms with Gasteiger partial charge in [0.25, 0.3) is 5.56 Å². The first-order valence-corrected chi connectivity index (χ1v) is 7.34. The van der Waals surface area contributed by atoms with E-state index in [9.17, 15) is 22.6 Å². The van der Waals surface area contributed by atoms with E-state index in [1.165, 1.54) is 29.6 Å². The van der Waals surface area contributed by atoms with E-state index in [-0.39, 0.29) is 24.1 Å². The van der Waals surface area contributed by atoms with E-state index >= 15 is 0 Å². The molecule has 0 aromatic carbocycles. The molecule has 0 atom stereocenters. The molecule has 2 aromatic heterocycles. The predicted octanol–water partition coefficient (Wildman–Crippen LogP) is -1.63. The van der Waals surface area contributed by atoms with E-state index in [0.717, 1.165) is 4.57 Å². The summed E-state index contributed by atoms with van der Waals surface area (Å²) in [5, 5.41) is 0. The Morgan fingerprint density at radius 2 is 1.90 bits per heavy atom. The third-order valence-corrected chi connectivity index (χ3v) is 3.80. The maximum Gasteiger partial charge on any atom is 0.332 e. The first-order valence-electron chi connectivity index (χ1n) is 5.77. The van der Waals surface area contributed by atoms with Gasteiger partial charge < -0.3 is 9.12 Å². The van der Waals surface area contributed by atoms with Crippen molar-refractivity contribution in [3.63, 3.8) is 0 Å². The van der Waals surface area contributed by atoms with Crippen LogP contribution in [0.2, 0.25) is 0 Å². The van der Waals surface area contributed by atoms with Gasteiger partial charge in [-0.15, -0.1) is 0 Å². The highest BCUT2D eigenvalue weighted by molar-refractivity contribution is 7.85. The fourth-order valence-corrected chi connectivity index (χ4v) is 2.46. The summed E-state index contributed by atoms with van der Waals surface area (Å²) in [6, 6.07) is 0. The van der Waals surface area contributed by atoms with Crippen molar-refractivity contribution in [3.8, 4) is 0 Å². The highest BCUT2D eigenvalue weighted by atomic mass is 32.2. The molecule has 0 unspecified atom stereocenters. The lowest BCUT2D eigenvalue weighted by Gasteiger charge is -2.08. The zero-order chi connectivity index (χ0) is 15.1. The Labute approximate surface area is 113 Å². The van der Waals surface area contributed by atoms with Gasteiger partial charge in [-0.3, -0.25) is 13.9 Å². The SMILES string of the molecule is Cn1c(=O)c2c(ncn2CCCS(=O)(=O)[O-])n(C)c1=O. The molecule has 9 nitrogen and oxygen atoms in total. The van der Waals surface area contributed by atoms with E-state index in [1.54, 1.807) is 0 Å². The Balaban J connectivity index is 2.47. The van der Waals surface area contributed by atoms with Crippen LogP contribution in [0, 0.1) is 0 Å². The maximum absolute atomic E-state index is 12.1. The number of nitrogens with zero attached hydrogens (tertiary/aromatic N) is 4. The first kappa shape index (κ1) is 14.5. The number of hydrogen-bond acceptors (Lipinski definition) is 6. The molecular weight excluding hydrogens is 288 g/mol. The van der Waals surface area contributed by atoms with Crippen molar-refractivity contribution in [1.29, 1.82) is 0 Å². The summed E-state index contributed by atoms with van der Waals surface area (Å²) in [6.07, 6.45) is 1.42. The summed E-state index contributed by atoms with van der Waals surface area (Å²) in [5.41, 5.74) is -0.568. The van der Waals surface area contributed by atoms with Gasteiger partial charge in [-0.25, -0.2) is 18.2 Å². The van der Waals surface area contributed by atoms with Crippen LogP contribution in [-0.4, -0.2) is 37.4 Å². The molecule has 0 aliphatic carbocycles. The smallest absolute Gasteiger partial charge is 0.332 e. The minimum atomic E-state index is -4.29. The van der Waals surface area contributed by atoms with Crippen molar-refractivity contribution < 1.29 is 13.0 Å². The second kappa shape index (κ2) is 4.87. The molecule has 0 amide bonds. The lowest BCUT2D eigenvalue weighted by atomic mass is 10.4. The lowest BCUT2D eigenvalue weighted by molar-refractivity contribution is 0.459. The van der Waals surface area contributed by atoms with Crippen molar-refractivity contribution in [1.82, 2.24) is 18.7 Å². The Morgan fingerprint density at radius 1 is 1.25 bits per heavy atom. The fourth-order valence-electron chi connectivity index (χ4n) is 1.98. The average molecular weight is 301 g/mol. The molecular formula is C10H13N4O5S-. The van der Waals surface area contributed by atoms with Crippen LogP contribution in [0.3, 0.4) is 0 Å². The van der Waals surface area contributed by atoms with Crippen molar-refractivity contribution in [2.75, 3.05) is 5.75 Å². The number of fused-ring (bicyclic) bond motifs is 1. The number of hydrogen-bond donors (Lipinski definition) is 0. The van der Waals surface area contributed by atoms with E-state index in [2.05, 4.69) is 4.98 Å². The van der Waals surface area contributed by atoms with E-state index < -0.39 is 27.1 Å². The van der Waals surface area contributed by atoms with Crippen LogP contribution < -0.4 is 11.2 Å². The average Bonchev–Trinajstić information content (AvgIpc) is 2.76. The molecule has 2 aromatic rings. The highest BCUT2D eigenvalue weighted by Crippen LogP contribution is 2.06. The summed E-state index contributed by atoms with van der Waals surface area (Å²) in [4.78, 5) is 27.7. The van der Waals surface area contributed by atoms with Crippen LogP contribution >= 0.6 is 0 Å². The molecule has 10 heteroatoms. The Kier molecular flexibility index (Phi) is 3.52. The van der Waals surface area contributed by atoms with Crippen LogP contribution in [0.1, 0.15) is 6.42 Å². The largest absolute Gasteiger partial charge is 0.748 e. The van der Waals surface area contributed by atoms with Crippen molar-refractivity contribution >= 4 is 21.3 Å². The van der Waals surface area contributed by atoms with Gasteiger partial charge >= 0.3 is 5.69 Å². The molecule has 0 saturated heterocycles. The monoisotopic (exact) mass is 301 g/mol. The van der Waals surface area contributed by atoms with Crippen molar-refractivity contribution in [2.45, 2.75) is 13.0 Å². The summed E-state index contributed by atoms with van der Waals surface area (Å²) in [5.74, 6) is -0.515. The highest BCUT2D eigenvalue weighted by Gasteiger charge is 2.13. The van der Waals surface area contributed by atoms with Crippen LogP contribution in [-0.2, 0) is 30.8 Å². The van der Waals surface area contributed by atoms with Gasteiger partial charge in [-0.1, -0.05) is 0 Å². The molecule has 0 fully saturated rings. The number of rotatable bonds is 4. The third kappa shape index (κ3) is 2.51. The minimum absolute atomic E-state index is 0.0727. The molecule has 0 aliphatic heterocycles. The summed E-state index contributed by atoms with van der Waals surface area (Å²) >= 11 is 0. The molecule has 0 aliphatic rings. The van der Waals surface area contributed by atoms with E-state index in [4.69, 9.17) is 0 Å². The summed E-state index contributed by atoms with van der Waals surface area (Å²) < 4.78 is 35.3. The van der Waals surface area contributed by atoms with Gasteiger partial charge in [-0.05, 0) is 6.42 Å². The molecule has 0 N–H and O–H groups in total. The fraction of sp³-hybridized carbons (Fsp3) is 0.500. The van der Waals surface area contributed by atoms with Gasteiger partial charge in [-0.2, -0.15) is 0 Å². The Hall–Kier alpha value is -1.94. The van der Waals surface area contributed by atoms with Gasteiger partial charge in [0.15, 0.2) is 11.2 Å². The standard InChI is InChI=1S/C10H14N4O5S/c1-12-8-7(9(15)13(2)10(12)16)14(6-11-8)4-3-5-20(17,18)19/h6H,3-5H2,1-2H3,(H,17,18,19)/p-1.